The summed E-state index contributed by atoms with van der Waals surface area (Å²) in [5, 5.41) is 3.29. The normalized spacial score (nSPS) is 10.7. The molecule has 0 radical (unpaired) electrons. The number of hydrogen-bond donors (Lipinski definition) is 1. The topological polar surface area (TPSA) is 43.4 Å². The van der Waals surface area contributed by atoms with E-state index in [9.17, 15) is 0 Å². The second-order valence-corrected chi connectivity index (χ2v) is 3.29. The van der Waals surface area contributed by atoms with Gasteiger partial charge in [-0.15, -0.1) is 0 Å². The summed E-state index contributed by atoms with van der Waals surface area (Å²) in [6, 6.07) is 3.88. The molecule has 1 aromatic rings. The SMILES string of the molecule is CCOC(CCNc1ccncc1)OCC. The predicted molar refractivity (Wildman–Crippen MR) is 64.4 cm³/mol. The van der Waals surface area contributed by atoms with Crippen LogP contribution in [0, 0.1) is 0 Å². The van der Waals surface area contributed by atoms with Gasteiger partial charge in [-0.3, -0.25) is 4.98 Å². The van der Waals surface area contributed by atoms with Crippen molar-refractivity contribution in [2.24, 2.45) is 0 Å². The molecule has 0 amide bonds. The summed E-state index contributed by atoms with van der Waals surface area (Å²) in [6.07, 6.45) is 4.27. The summed E-state index contributed by atoms with van der Waals surface area (Å²) in [4.78, 5) is 3.96. The highest BCUT2D eigenvalue weighted by molar-refractivity contribution is 5.40. The zero-order valence-electron chi connectivity index (χ0n) is 9.98. The molecule has 0 aromatic carbocycles. The van der Waals surface area contributed by atoms with Crippen LogP contribution < -0.4 is 5.32 Å². The molecule has 1 rings (SSSR count). The van der Waals surface area contributed by atoms with Gasteiger partial charge in [0.1, 0.15) is 0 Å². The summed E-state index contributed by atoms with van der Waals surface area (Å²) in [6.45, 7) is 6.14. The largest absolute Gasteiger partial charge is 0.385 e. The minimum atomic E-state index is -0.107. The molecular formula is C12H20N2O2. The van der Waals surface area contributed by atoms with Gasteiger partial charge in [0.25, 0.3) is 0 Å². The molecule has 0 spiro atoms. The molecule has 1 heterocycles. The third-order valence-corrected chi connectivity index (χ3v) is 2.09. The Labute approximate surface area is 97.0 Å². The van der Waals surface area contributed by atoms with Crippen molar-refractivity contribution in [3.05, 3.63) is 24.5 Å². The maximum atomic E-state index is 5.45. The first-order valence-electron chi connectivity index (χ1n) is 5.74. The minimum Gasteiger partial charge on any atom is -0.385 e. The third-order valence-electron chi connectivity index (χ3n) is 2.09. The van der Waals surface area contributed by atoms with E-state index in [0.29, 0.717) is 13.2 Å². The molecule has 0 atom stereocenters. The fraction of sp³-hybridized carbons (Fsp3) is 0.583. The second-order valence-electron chi connectivity index (χ2n) is 3.29. The van der Waals surface area contributed by atoms with Crippen LogP contribution in [0.4, 0.5) is 5.69 Å². The average Bonchev–Trinajstić information content (AvgIpc) is 2.31. The molecule has 0 fully saturated rings. The Balaban J connectivity index is 2.22. The minimum absolute atomic E-state index is 0.107. The summed E-state index contributed by atoms with van der Waals surface area (Å²) >= 11 is 0. The lowest BCUT2D eigenvalue weighted by Crippen LogP contribution is -2.21. The van der Waals surface area contributed by atoms with E-state index >= 15 is 0 Å². The number of hydrogen-bond acceptors (Lipinski definition) is 4. The molecule has 0 saturated carbocycles. The molecule has 4 heteroatoms. The van der Waals surface area contributed by atoms with Crippen molar-refractivity contribution in [1.29, 1.82) is 0 Å². The average molecular weight is 224 g/mol. The Morgan fingerprint density at radius 2 is 1.81 bits per heavy atom. The maximum Gasteiger partial charge on any atom is 0.159 e. The molecule has 0 aliphatic rings. The van der Waals surface area contributed by atoms with Crippen molar-refractivity contribution in [3.8, 4) is 0 Å². The Hall–Kier alpha value is -1.13. The van der Waals surface area contributed by atoms with Crippen LogP contribution in [-0.4, -0.2) is 31.0 Å². The van der Waals surface area contributed by atoms with E-state index in [1.54, 1.807) is 12.4 Å². The standard InChI is InChI=1S/C12H20N2O2/c1-3-15-12(16-4-2)7-10-14-11-5-8-13-9-6-11/h5-6,8-9,12H,3-4,7,10H2,1-2H3,(H,13,14). The van der Waals surface area contributed by atoms with Gasteiger partial charge in [0, 0.05) is 44.3 Å². The molecule has 1 N–H and O–H groups in total. The summed E-state index contributed by atoms with van der Waals surface area (Å²) in [7, 11) is 0. The van der Waals surface area contributed by atoms with Gasteiger partial charge in [-0.05, 0) is 26.0 Å². The quantitative estimate of drug-likeness (QED) is 0.688. The zero-order chi connectivity index (χ0) is 11.6. The van der Waals surface area contributed by atoms with Crippen LogP contribution in [0.3, 0.4) is 0 Å². The van der Waals surface area contributed by atoms with E-state index in [1.165, 1.54) is 0 Å². The lowest BCUT2D eigenvalue weighted by atomic mass is 10.3. The Morgan fingerprint density at radius 1 is 1.19 bits per heavy atom. The van der Waals surface area contributed by atoms with Crippen molar-refractivity contribution >= 4 is 5.69 Å². The predicted octanol–water partition coefficient (Wildman–Crippen LogP) is 2.28. The summed E-state index contributed by atoms with van der Waals surface area (Å²) in [5.74, 6) is 0. The van der Waals surface area contributed by atoms with Crippen LogP contribution in [0.1, 0.15) is 20.3 Å². The smallest absolute Gasteiger partial charge is 0.159 e. The van der Waals surface area contributed by atoms with Crippen molar-refractivity contribution in [2.75, 3.05) is 25.1 Å². The van der Waals surface area contributed by atoms with E-state index in [-0.39, 0.29) is 6.29 Å². The van der Waals surface area contributed by atoms with E-state index in [2.05, 4.69) is 10.3 Å². The van der Waals surface area contributed by atoms with E-state index in [1.807, 2.05) is 26.0 Å². The molecule has 1 aromatic heterocycles. The first-order chi connectivity index (χ1) is 7.86. The van der Waals surface area contributed by atoms with E-state index in [4.69, 9.17) is 9.47 Å². The number of nitrogens with one attached hydrogen (secondary N) is 1. The molecule has 0 saturated heterocycles. The first-order valence-corrected chi connectivity index (χ1v) is 5.74. The lowest BCUT2D eigenvalue weighted by Gasteiger charge is -2.17. The molecule has 0 aliphatic carbocycles. The van der Waals surface area contributed by atoms with Crippen LogP contribution >= 0.6 is 0 Å². The number of nitrogens with zero attached hydrogens (tertiary/aromatic N) is 1. The van der Waals surface area contributed by atoms with Gasteiger partial charge in [-0.2, -0.15) is 0 Å². The molecule has 0 bridgehead atoms. The monoisotopic (exact) mass is 224 g/mol. The van der Waals surface area contributed by atoms with Crippen molar-refractivity contribution in [3.63, 3.8) is 0 Å². The molecular weight excluding hydrogens is 204 g/mol. The highest BCUT2D eigenvalue weighted by Gasteiger charge is 2.06. The highest BCUT2D eigenvalue weighted by atomic mass is 16.7. The third kappa shape index (κ3) is 5.09. The zero-order valence-corrected chi connectivity index (χ0v) is 9.98. The van der Waals surface area contributed by atoms with Gasteiger partial charge < -0.3 is 14.8 Å². The molecule has 0 aliphatic heterocycles. The Kier molecular flexibility index (Phi) is 6.53. The molecule has 0 unspecified atom stereocenters. The first kappa shape index (κ1) is 12.9. The van der Waals surface area contributed by atoms with Gasteiger partial charge in [-0.1, -0.05) is 0 Å². The number of aromatic nitrogens is 1. The van der Waals surface area contributed by atoms with Crippen molar-refractivity contribution in [1.82, 2.24) is 4.98 Å². The fourth-order valence-electron chi connectivity index (χ4n) is 1.39. The van der Waals surface area contributed by atoms with E-state index < -0.39 is 0 Å². The molecule has 16 heavy (non-hydrogen) atoms. The van der Waals surface area contributed by atoms with Gasteiger partial charge in [-0.25, -0.2) is 0 Å². The lowest BCUT2D eigenvalue weighted by molar-refractivity contribution is -0.137. The van der Waals surface area contributed by atoms with Crippen molar-refractivity contribution < 1.29 is 9.47 Å². The number of ether oxygens (including phenoxy) is 2. The van der Waals surface area contributed by atoms with Crippen LogP contribution in [0.5, 0.6) is 0 Å². The fourth-order valence-corrected chi connectivity index (χ4v) is 1.39. The maximum absolute atomic E-state index is 5.45. The molecule has 90 valence electrons. The van der Waals surface area contributed by atoms with Crippen LogP contribution in [-0.2, 0) is 9.47 Å². The van der Waals surface area contributed by atoms with E-state index in [0.717, 1.165) is 18.7 Å². The van der Waals surface area contributed by atoms with Gasteiger partial charge in [0.2, 0.25) is 0 Å². The Morgan fingerprint density at radius 3 is 2.38 bits per heavy atom. The van der Waals surface area contributed by atoms with Crippen molar-refractivity contribution in [2.45, 2.75) is 26.6 Å². The molecule has 4 nitrogen and oxygen atoms in total. The Bertz CT molecular complexity index is 261. The highest BCUT2D eigenvalue weighted by Crippen LogP contribution is 2.05. The van der Waals surface area contributed by atoms with Crippen LogP contribution in [0.25, 0.3) is 0 Å². The van der Waals surface area contributed by atoms with Gasteiger partial charge in [0.15, 0.2) is 6.29 Å². The van der Waals surface area contributed by atoms with Gasteiger partial charge in [0.05, 0.1) is 0 Å². The number of pyridine rings is 1. The summed E-state index contributed by atoms with van der Waals surface area (Å²) < 4.78 is 10.9. The number of anilines is 1. The number of rotatable bonds is 8. The van der Waals surface area contributed by atoms with Crippen LogP contribution in [0.2, 0.25) is 0 Å². The summed E-state index contributed by atoms with van der Waals surface area (Å²) in [5.41, 5.74) is 1.07. The van der Waals surface area contributed by atoms with Crippen LogP contribution in [0.15, 0.2) is 24.5 Å². The van der Waals surface area contributed by atoms with Gasteiger partial charge >= 0.3 is 0 Å². The second kappa shape index (κ2) is 8.07.